The molecular formula is C27H32N4O5. The van der Waals surface area contributed by atoms with Crippen molar-refractivity contribution in [1.29, 1.82) is 0 Å². The summed E-state index contributed by atoms with van der Waals surface area (Å²) in [5.74, 6) is 0.438. The maximum atomic E-state index is 13.3. The van der Waals surface area contributed by atoms with Crippen molar-refractivity contribution >= 4 is 35.6 Å². The predicted octanol–water partition coefficient (Wildman–Crippen LogP) is 4.56. The highest BCUT2D eigenvalue weighted by Gasteiger charge is 2.53. The molecule has 1 aliphatic carbocycles. The lowest BCUT2D eigenvalue weighted by Gasteiger charge is -2.28. The number of aldehydes is 1. The zero-order valence-electron chi connectivity index (χ0n) is 21.0. The SMILES string of the molecule is COc1cc(CN2C(=O)N(C(C=O)CC3CC3)C(=O)C2(C)C)ccc1NC(=O)Nc1ccccc1C. The van der Waals surface area contributed by atoms with E-state index in [2.05, 4.69) is 10.6 Å². The minimum absolute atomic E-state index is 0.148. The first kappa shape index (κ1) is 25.2. The lowest BCUT2D eigenvalue weighted by atomic mass is 10.0. The van der Waals surface area contributed by atoms with E-state index in [4.69, 9.17) is 4.74 Å². The topological polar surface area (TPSA) is 108 Å². The smallest absolute Gasteiger partial charge is 0.328 e. The zero-order chi connectivity index (χ0) is 26.0. The number of urea groups is 2. The second-order valence-electron chi connectivity index (χ2n) is 9.91. The Labute approximate surface area is 210 Å². The molecule has 1 saturated heterocycles. The number of methoxy groups -OCH3 is 1. The van der Waals surface area contributed by atoms with Crippen LogP contribution >= 0.6 is 0 Å². The molecule has 1 atom stereocenters. The van der Waals surface area contributed by atoms with E-state index in [0.29, 0.717) is 35.7 Å². The third-order valence-corrected chi connectivity index (χ3v) is 6.86. The quantitative estimate of drug-likeness (QED) is 0.394. The first-order chi connectivity index (χ1) is 17.1. The fraction of sp³-hybridized carbons (Fsp3) is 0.407. The number of nitrogens with zero attached hydrogens (tertiary/aromatic N) is 2. The number of hydrogen-bond acceptors (Lipinski definition) is 5. The summed E-state index contributed by atoms with van der Waals surface area (Å²) >= 11 is 0. The van der Waals surface area contributed by atoms with Crippen LogP contribution in [0.5, 0.6) is 5.75 Å². The molecule has 2 N–H and O–H groups in total. The third kappa shape index (κ3) is 5.05. The van der Waals surface area contributed by atoms with Gasteiger partial charge in [-0.15, -0.1) is 0 Å². The van der Waals surface area contributed by atoms with E-state index in [9.17, 15) is 19.2 Å². The Bertz CT molecular complexity index is 1190. The molecular weight excluding hydrogens is 460 g/mol. The van der Waals surface area contributed by atoms with Gasteiger partial charge < -0.3 is 25.1 Å². The van der Waals surface area contributed by atoms with Gasteiger partial charge in [-0.3, -0.25) is 9.69 Å². The van der Waals surface area contributed by atoms with Crippen molar-refractivity contribution < 1.29 is 23.9 Å². The van der Waals surface area contributed by atoms with Crippen LogP contribution in [0.1, 0.15) is 44.2 Å². The molecule has 1 saturated carbocycles. The van der Waals surface area contributed by atoms with E-state index in [1.165, 1.54) is 12.0 Å². The normalized spacial score (nSPS) is 17.7. The molecule has 1 unspecified atom stereocenters. The van der Waals surface area contributed by atoms with Crippen molar-refractivity contribution in [3.8, 4) is 5.75 Å². The summed E-state index contributed by atoms with van der Waals surface area (Å²) in [6, 6.07) is 11.0. The Kier molecular flexibility index (Phi) is 7.01. The molecule has 0 aromatic heterocycles. The van der Waals surface area contributed by atoms with Crippen LogP contribution in [-0.4, -0.2) is 52.7 Å². The number of amides is 5. The number of carbonyl (C=O) groups is 4. The van der Waals surface area contributed by atoms with E-state index in [-0.39, 0.29) is 12.5 Å². The molecule has 9 heteroatoms. The van der Waals surface area contributed by atoms with Crippen LogP contribution in [0.4, 0.5) is 21.0 Å². The van der Waals surface area contributed by atoms with Gasteiger partial charge in [-0.05, 0) is 62.4 Å². The van der Waals surface area contributed by atoms with Gasteiger partial charge in [0.25, 0.3) is 5.91 Å². The summed E-state index contributed by atoms with van der Waals surface area (Å²) in [6.07, 6.45) is 3.27. The maximum absolute atomic E-state index is 13.3. The van der Waals surface area contributed by atoms with E-state index < -0.39 is 23.6 Å². The zero-order valence-corrected chi connectivity index (χ0v) is 21.0. The molecule has 1 heterocycles. The van der Waals surface area contributed by atoms with Crippen LogP contribution in [0, 0.1) is 12.8 Å². The molecule has 2 fully saturated rings. The highest BCUT2D eigenvalue weighted by atomic mass is 16.5. The van der Waals surface area contributed by atoms with Gasteiger partial charge in [-0.2, -0.15) is 0 Å². The van der Waals surface area contributed by atoms with Gasteiger partial charge in [-0.1, -0.05) is 37.1 Å². The van der Waals surface area contributed by atoms with Crippen molar-refractivity contribution in [2.45, 2.75) is 58.2 Å². The maximum Gasteiger partial charge on any atom is 0.328 e. The van der Waals surface area contributed by atoms with Gasteiger partial charge in [0.2, 0.25) is 0 Å². The van der Waals surface area contributed by atoms with E-state index in [0.717, 1.165) is 28.9 Å². The lowest BCUT2D eigenvalue weighted by Crippen LogP contribution is -2.44. The molecule has 36 heavy (non-hydrogen) atoms. The molecule has 0 spiro atoms. The van der Waals surface area contributed by atoms with Crippen molar-refractivity contribution in [3.63, 3.8) is 0 Å². The standard InChI is InChI=1S/C27H32N4O5/c1-17-7-5-6-8-21(17)28-25(34)29-22-12-11-19(14-23(22)36-4)15-30-26(35)31(24(33)27(30,2)3)20(16-32)13-18-9-10-18/h5-8,11-12,14,16,18,20H,9-10,13,15H2,1-4H3,(H2,28,29,34). The Hall–Kier alpha value is -3.88. The van der Waals surface area contributed by atoms with Crippen molar-refractivity contribution in [1.82, 2.24) is 9.80 Å². The van der Waals surface area contributed by atoms with Gasteiger partial charge in [0.15, 0.2) is 0 Å². The molecule has 5 amide bonds. The number of para-hydroxylation sites is 1. The summed E-state index contributed by atoms with van der Waals surface area (Å²) in [5.41, 5.74) is 1.72. The molecule has 0 radical (unpaired) electrons. The number of rotatable bonds is 9. The fourth-order valence-corrected chi connectivity index (χ4v) is 4.45. The summed E-state index contributed by atoms with van der Waals surface area (Å²) in [4.78, 5) is 53.3. The second kappa shape index (κ2) is 10.0. The Balaban J connectivity index is 1.49. The largest absolute Gasteiger partial charge is 0.495 e. The average molecular weight is 493 g/mol. The molecule has 1 aliphatic heterocycles. The van der Waals surface area contributed by atoms with Crippen molar-refractivity contribution in [3.05, 3.63) is 53.6 Å². The van der Waals surface area contributed by atoms with Gasteiger partial charge in [-0.25, -0.2) is 9.59 Å². The van der Waals surface area contributed by atoms with Gasteiger partial charge >= 0.3 is 12.1 Å². The number of hydrogen-bond donors (Lipinski definition) is 2. The highest BCUT2D eigenvalue weighted by molar-refractivity contribution is 6.08. The van der Waals surface area contributed by atoms with Crippen molar-refractivity contribution in [2.75, 3.05) is 17.7 Å². The van der Waals surface area contributed by atoms with Crippen LogP contribution in [0.2, 0.25) is 0 Å². The summed E-state index contributed by atoms with van der Waals surface area (Å²) in [7, 11) is 1.49. The van der Waals surface area contributed by atoms with Gasteiger partial charge in [0.1, 0.15) is 17.6 Å². The van der Waals surface area contributed by atoms with Crippen LogP contribution in [0.15, 0.2) is 42.5 Å². The number of ether oxygens (including phenoxy) is 1. The van der Waals surface area contributed by atoms with E-state index in [1.807, 2.05) is 31.2 Å². The van der Waals surface area contributed by atoms with E-state index in [1.54, 1.807) is 32.0 Å². The Morgan fingerprint density at radius 2 is 1.83 bits per heavy atom. The molecule has 0 bridgehead atoms. The Morgan fingerprint density at radius 1 is 1.14 bits per heavy atom. The molecule has 2 aromatic rings. The predicted molar refractivity (Wildman–Crippen MR) is 136 cm³/mol. The monoisotopic (exact) mass is 492 g/mol. The molecule has 4 rings (SSSR count). The average Bonchev–Trinajstić information content (AvgIpc) is 3.65. The van der Waals surface area contributed by atoms with Crippen LogP contribution in [0.3, 0.4) is 0 Å². The number of aryl methyl sites for hydroxylation is 1. The summed E-state index contributed by atoms with van der Waals surface area (Å²) in [6.45, 7) is 5.43. The van der Waals surface area contributed by atoms with Crippen LogP contribution in [-0.2, 0) is 16.1 Å². The van der Waals surface area contributed by atoms with Gasteiger partial charge in [0, 0.05) is 12.2 Å². The first-order valence-corrected chi connectivity index (χ1v) is 12.1. The van der Waals surface area contributed by atoms with E-state index >= 15 is 0 Å². The molecule has 190 valence electrons. The molecule has 2 aliphatic rings. The Morgan fingerprint density at radius 3 is 2.47 bits per heavy atom. The van der Waals surface area contributed by atoms with Crippen molar-refractivity contribution in [2.24, 2.45) is 5.92 Å². The molecule has 2 aromatic carbocycles. The number of benzene rings is 2. The highest BCUT2D eigenvalue weighted by Crippen LogP contribution is 2.38. The summed E-state index contributed by atoms with van der Waals surface area (Å²) < 4.78 is 5.48. The minimum atomic E-state index is -1.10. The van der Waals surface area contributed by atoms with Gasteiger partial charge in [0.05, 0.1) is 18.8 Å². The minimum Gasteiger partial charge on any atom is -0.495 e. The van der Waals surface area contributed by atoms with Crippen LogP contribution in [0.25, 0.3) is 0 Å². The number of imide groups is 1. The fourth-order valence-electron chi connectivity index (χ4n) is 4.45. The second-order valence-corrected chi connectivity index (χ2v) is 9.91. The molecule has 9 nitrogen and oxygen atoms in total. The third-order valence-electron chi connectivity index (χ3n) is 6.86. The number of nitrogens with one attached hydrogen (secondary N) is 2. The number of anilines is 2. The van der Waals surface area contributed by atoms with Crippen LogP contribution < -0.4 is 15.4 Å². The summed E-state index contributed by atoms with van der Waals surface area (Å²) in [5, 5.41) is 5.60. The number of carbonyl (C=O) groups excluding carboxylic acids is 4. The first-order valence-electron chi connectivity index (χ1n) is 12.1. The lowest BCUT2D eigenvalue weighted by molar-refractivity contribution is -0.135.